The molecule has 0 radical (unpaired) electrons. The second-order valence-corrected chi connectivity index (χ2v) is 9.71. The van der Waals surface area contributed by atoms with Crippen LogP contribution in [0.15, 0.2) is 29.3 Å². The molecule has 3 heterocycles. The topological polar surface area (TPSA) is 81.4 Å². The van der Waals surface area contributed by atoms with Crippen LogP contribution in [0.2, 0.25) is 5.02 Å². The van der Waals surface area contributed by atoms with Crippen molar-refractivity contribution in [3.8, 4) is 5.00 Å². The van der Waals surface area contributed by atoms with Crippen molar-refractivity contribution >= 4 is 34.6 Å². The zero-order valence-corrected chi connectivity index (χ0v) is 20.9. The van der Waals surface area contributed by atoms with Crippen molar-refractivity contribution < 1.29 is 9.53 Å². The van der Waals surface area contributed by atoms with Crippen molar-refractivity contribution in [1.29, 1.82) is 0 Å². The molecule has 0 aliphatic carbocycles. The van der Waals surface area contributed by atoms with Crippen molar-refractivity contribution in [3.05, 3.63) is 62.5 Å². The summed E-state index contributed by atoms with van der Waals surface area (Å²) >= 11 is 7.84. The first-order valence-electron chi connectivity index (χ1n) is 11.1. The van der Waals surface area contributed by atoms with Crippen LogP contribution in [0.4, 0.5) is 0 Å². The number of ether oxygens (including phenoxy) is 1. The van der Waals surface area contributed by atoms with Gasteiger partial charge in [0.1, 0.15) is 16.9 Å². The highest BCUT2D eigenvalue weighted by molar-refractivity contribution is 7.15. The Labute approximate surface area is 202 Å². The molecule has 0 saturated heterocycles. The molecule has 0 unspecified atom stereocenters. The van der Waals surface area contributed by atoms with Crippen LogP contribution in [0.3, 0.4) is 0 Å². The van der Waals surface area contributed by atoms with Crippen LogP contribution in [-0.4, -0.2) is 46.1 Å². The number of nitrogens with zero attached hydrogens (tertiary/aromatic N) is 4. The average Bonchev–Trinajstić information content (AvgIpc) is 3.26. The molecule has 0 bridgehead atoms. The molecule has 0 spiro atoms. The number of aromatic nitrogens is 3. The van der Waals surface area contributed by atoms with Crippen molar-refractivity contribution in [2.24, 2.45) is 4.99 Å². The van der Waals surface area contributed by atoms with E-state index >= 15 is 0 Å². The van der Waals surface area contributed by atoms with Crippen LogP contribution >= 0.6 is 22.9 Å². The Kier molecular flexibility index (Phi) is 7.26. The molecule has 9 heteroatoms. The van der Waals surface area contributed by atoms with Gasteiger partial charge in [0.25, 0.3) is 0 Å². The van der Waals surface area contributed by atoms with Gasteiger partial charge in [-0.3, -0.25) is 14.4 Å². The molecule has 1 aliphatic rings. The summed E-state index contributed by atoms with van der Waals surface area (Å²) in [6, 6.07) is 7.20. The second kappa shape index (κ2) is 10.2. The van der Waals surface area contributed by atoms with Gasteiger partial charge in [0, 0.05) is 34.2 Å². The highest BCUT2D eigenvalue weighted by atomic mass is 35.5. The highest BCUT2D eigenvalue weighted by Crippen LogP contribution is 2.39. The third-order valence-electron chi connectivity index (χ3n) is 5.65. The lowest BCUT2D eigenvalue weighted by molar-refractivity contribution is -0.121. The van der Waals surface area contributed by atoms with E-state index in [9.17, 15) is 4.79 Å². The summed E-state index contributed by atoms with van der Waals surface area (Å²) in [6.07, 6.45) is 1.13. The third kappa shape index (κ3) is 4.88. The smallest absolute Gasteiger partial charge is 0.222 e. The van der Waals surface area contributed by atoms with E-state index in [1.807, 2.05) is 31.2 Å². The lowest BCUT2D eigenvalue weighted by atomic mass is 9.99. The Balaban J connectivity index is 1.73. The number of benzene rings is 1. The third-order valence-corrected chi connectivity index (χ3v) is 7.10. The Hall–Kier alpha value is -2.55. The summed E-state index contributed by atoms with van der Waals surface area (Å²) < 4.78 is 7.52. The summed E-state index contributed by atoms with van der Waals surface area (Å²) in [4.78, 5) is 19.1. The Bertz CT molecular complexity index is 1180. The van der Waals surface area contributed by atoms with Gasteiger partial charge in [0.15, 0.2) is 5.82 Å². The number of carbonyl (C=O) groups is 1. The van der Waals surface area contributed by atoms with Crippen molar-refractivity contribution in [2.45, 2.75) is 46.6 Å². The van der Waals surface area contributed by atoms with E-state index in [2.05, 4.69) is 40.9 Å². The zero-order chi connectivity index (χ0) is 23.5. The lowest BCUT2D eigenvalue weighted by Gasteiger charge is -2.13. The normalized spacial score (nSPS) is 14.9. The number of carbonyl (C=O) groups excluding carboxylic acids is 1. The number of aliphatic imine (C=N–C) groups is 1. The first-order chi connectivity index (χ1) is 15.9. The lowest BCUT2D eigenvalue weighted by Crippen LogP contribution is -2.29. The average molecular weight is 486 g/mol. The van der Waals surface area contributed by atoms with Crippen LogP contribution in [-0.2, 0) is 9.53 Å². The van der Waals surface area contributed by atoms with E-state index < -0.39 is 6.04 Å². The number of amides is 1. The van der Waals surface area contributed by atoms with Gasteiger partial charge in [-0.1, -0.05) is 30.7 Å². The zero-order valence-electron chi connectivity index (χ0n) is 19.3. The Morgan fingerprint density at radius 1 is 1.18 bits per heavy atom. The highest BCUT2D eigenvalue weighted by Gasteiger charge is 2.32. The van der Waals surface area contributed by atoms with Crippen molar-refractivity contribution in [2.75, 3.05) is 19.8 Å². The SMILES string of the molecule is CCCOCCNC(=O)C[C@@H]1N=C(c2ccc(Cl)cc2)c2c(sc(C)c2C)-n2c(C)nnc21. The van der Waals surface area contributed by atoms with Gasteiger partial charge in [0.05, 0.1) is 18.7 Å². The van der Waals surface area contributed by atoms with Gasteiger partial charge >= 0.3 is 0 Å². The summed E-state index contributed by atoms with van der Waals surface area (Å²) in [5, 5.41) is 13.4. The molecule has 7 nitrogen and oxygen atoms in total. The first kappa shape index (κ1) is 23.6. The maximum absolute atomic E-state index is 12.8. The van der Waals surface area contributed by atoms with E-state index in [4.69, 9.17) is 21.3 Å². The minimum Gasteiger partial charge on any atom is -0.380 e. The monoisotopic (exact) mass is 485 g/mol. The largest absolute Gasteiger partial charge is 0.380 e. The fourth-order valence-electron chi connectivity index (χ4n) is 3.89. The van der Waals surface area contributed by atoms with E-state index in [0.717, 1.165) is 34.1 Å². The molecule has 1 aliphatic heterocycles. The Morgan fingerprint density at radius 3 is 2.67 bits per heavy atom. The molecule has 33 heavy (non-hydrogen) atoms. The summed E-state index contributed by atoms with van der Waals surface area (Å²) in [5.41, 5.74) is 4.02. The molecule has 4 rings (SSSR count). The number of hydrogen-bond acceptors (Lipinski definition) is 6. The Morgan fingerprint density at radius 2 is 1.94 bits per heavy atom. The number of halogens is 1. The van der Waals surface area contributed by atoms with E-state index in [1.54, 1.807) is 11.3 Å². The van der Waals surface area contributed by atoms with Crippen LogP contribution < -0.4 is 5.32 Å². The van der Waals surface area contributed by atoms with E-state index in [-0.39, 0.29) is 12.3 Å². The second-order valence-electron chi connectivity index (χ2n) is 8.07. The summed E-state index contributed by atoms with van der Waals surface area (Å²) in [7, 11) is 0. The van der Waals surface area contributed by atoms with Crippen LogP contribution in [0.5, 0.6) is 0 Å². The minimum atomic E-state index is -0.465. The molecule has 1 aromatic carbocycles. The molecule has 0 saturated carbocycles. The van der Waals surface area contributed by atoms with Gasteiger partial charge in [-0.05, 0) is 44.9 Å². The summed E-state index contributed by atoms with van der Waals surface area (Å²) in [6.45, 7) is 9.86. The molecule has 2 aromatic heterocycles. The van der Waals surface area contributed by atoms with Crippen LogP contribution in [0.25, 0.3) is 5.00 Å². The minimum absolute atomic E-state index is 0.0929. The number of aryl methyl sites for hydroxylation is 2. The van der Waals surface area contributed by atoms with Crippen LogP contribution in [0, 0.1) is 20.8 Å². The molecule has 1 atom stereocenters. The standard InChI is InChI=1S/C24H28ClN5O2S/c1-5-11-32-12-10-26-20(31)13-19-23-29-28-16(4)30(23)24-21(14(2)15(3)33-24)22(27-19)17-6-8-18(25)9-7-17/h6-9,19H,5,10-13H2,1-4H3,(H,26,31)/t19-/m0/s1. The maximum Gasteiger partial charge on any atom is 0.222 e. The molecular weight excluding hydrogens is 458 g/mol. The number of thiophene rings is 1. The van der Waals surface area contributed by atoms with E-state index in [0.29, 0.717) is 30.6 Å². The summed E-state index contributed by atoms with van der Waals surface area (Å²) in [5.74, 6) is 1.36. The fourth-order valence-corrected chi connectivity index (χ4v) is 5.23. The van der Waals surface area contributed by atoms with Crippen molar-refractivity contribution in [1.82, 2.24) is 20.1 Å². The molecule has 174 valence electrons. The molecule has 0 fully saturated rings. The van der Waals surface area contributed by atoms with Gasteiger partial charge in [-0.2, -0.15) is 0 Å². The number of fused-ring (bicyclic) bond motifs is 3. The quantitative estimate of drug-likeness (QED) is 0.467. The number of nitrogens with one attached hydrogen (secondary N) is 1. The van der Waals surface area contributed by atoms with Gasteiger partial charge in [-0.15, -0.1) is 21.5 Å². The molecule has 1 amide bonds. The van der Waals surface area contributed by atoms with Gasteiger partial charge in [-0.25, -0.2) is 0 Å². The van der Waals surface area contributed by atoms with Crippen LogP contribution in [0.1, 0.15) is 59.0 Å². The number of hydrogen-bond donors (Lipinski definition) is 1. The maximum atomic E-state index is 12.8. The molecule has 1 N–H and O–H groups in total. The molecular formula is C24H28ClN5O2S. The first-order valence-corrected chi connectivity index (χ1v) is 12.3. The number of rotatable bonds is 8. The van der Waals surface area contributed by atoms with E-state index in [1.165, 1.54) is 10.4 Å². The van der Waals surface area contributed by atoms with Crippen molar-refractivity contribution in [3.63, 3.8) is 0 Å². The predicted molar refractivity (Wildman–Crippen MR) is 132 cm³/mol. The molecule has 3 aromatic rings. The predicted octanol–water partition coefficient (Wildman–Crippen LogP) is 4.73. The fraction of sp³-hybridized carbons (Fsp3) is 0.417. The van der Waals surface area contributed by atoms with Gasteiger partial charge < -0.3 is 10.1 Å². The van der Waals surface area contributed by atoms with Gasteiger partial charge in [0.2, 0.25) is 5.91 Å².